The highest BCUT2D eigenvalue weighted by Gasteiger charge is 2.10. The summed E-state index contributed by atoms with van der Waals surface area (Å²) in [5.41, 5.74) is 1.10. The molecule has 15 heavy (non-hydrogen) atoms. The molecule has 0 aromatic carbocycles. The van der Waals surface area contributed by atoms with Crippen molar-refractivity contribution >= 4 is 11.8 Å². The number of anilines is 2. The molecule has 0 fully saturated rings. The lowest BCUT2D eigenvalue weighted by molar-refractivity contribution is 0.738. The van der Waals surface area contributed by atoms with Crippen LogP contribution in [-0.4, -0.2) is 29.6 Å². The van der Waals surface area contributed by atoms with Gasteiger partial charge < -0.3 is 10.2 Å². The van der Waals surface area contributed by atoms with E-state index in [9.17, 15) is 0 Å². The van der Waals surface area contributed by atoms with Crippen LogP contribution in [0.5, 0.6) is 0 Å². The van der Waals surface area contributed by atoms with E-state index in [4.69, 9.17) is 0 Å². The second-order valence-corrected chi connectivity index (χ2v) is 3.94. The van der Waals surface area contributed by atoms with Crippen LogP contribution in [0, 0.1) is 6.92 Å². The van der Waals surface area contributed by atoms with Gasteiger partial charge in [-0.15, -0.1) is 0 Å². The topological polar surface area (TPSA) is 41.1 Å². The van der Waals surface area contributed by atoms with Crippen molar-refractivity contribution in [1.82, 2.24) is 9.97 Å². The lowest BCUT2D eigenvalue weighted by Crippen LogP contribution is -2.27. The van der Waals surface area contributed by atoms with Gasteiger partial charge >= 0.3 is 0 Å². The van der Waals surface area contributed by atoms with Crippen LogP contribution in [-0.2, 0) is 0 Å². The van der Waals surface area contributed by atoms with E-state index in [-0.39, 0.29) is 0 Å². The Balaban J connectivity index is 2.99. The SMILES string of the molecule is CCNc1ncc(C)c(N(C)C(C)C)n1. The van der Waals surface area contributed by atoms with Crippen molar-refractivity contribution < 1.29 is 0 Å². The van der Waals surface area contributed by atoms with Crippen molar-refractivity contribution in [2.24, 2.45) is 0 Å². The molecule has 1 heterocycles. The molecule has 1 N–H and O–H groups in total. The zero-order chi connectivity index (χ0) is 11.4. The van der Waals surface area contributed by atoms with Crippen LogP contribution in [0.3, 0.4) is 0 Å². The van der Waals surface area contributed by atoms with Crippen LogP contribution in [0.2, 0.25) is 0 Å². The maximum absolute atomic E-state index is 4.49. The lowest BCUT2D eigenvalue weighted by Gasteiger charge is -2.24. The highest BCUT2D eigenvalue weighted by atomic mass is 15.2. The van der Waals surface area contributed by atoms with Gasteiger partial charge in [0.05, 0.1) is 0 Å². The van der Waals surface area contributed by atoms with E-state index in [1.54, 1.807) is 0 Å². The fourth-order valence-electron chi connectivity index (χ4n) is 1.28. The third kappa shape index (κ3) is 2.81. The Kier molecular flexibility index (Phi) is 3.88. The molecular formula is C11H20N4. The minimum atomic E-state index is 0.438. The number of aromatic nitrogens is 2. The van der Waals surface area contributed by atoms with E-state index < -0.39 is 0 Å². The van der Waals surface area contributed by atoms with Crippen LogP contribution in [0.1, 0.15) is 26.3 Å². The molecule has 84 valence electrons. The summed E-state index contributed by atoms with van der Waals surface area (Å²) in [6.07, 6.45) is 1.86. The summed E-state index contributed by atoms with van der Waals surface area (Å²) in [4.78, 5) is 10.9. The highest BCUT2D eigenvalue weighted by molar-refractivity contribution is 5.48. The summed E-state index contributed by atoms with van der Waals surface area (Å²) in [6.45, 7) is 9.20. The first-order chi connectivity index (χ1) is 7.06. The van der Waals surface area contributed by atoms with E-state index in [0.717, 1.165) is 17.9 Å². The predicted molar refractivity (Wildman–Crippen MR) is 64.5 cm³/mol. The molecule has 0 unspecified atom stereocenters. The van der Waals surface area contributed by atoms with Crippen molar-refractivity contribution in [1.29, 1.82) is 0 Å². The molecule has 0 radical (unpaired) electrons. The van der Waals surface area contributed by atoms with Crippen LogP contribution in [0.25, 0.3) is 0 Å². The Morgan fingerprint density at radius 1 is 1.47 bits per heavy atom. The number of rotatable bonds is 4. The normalized spacial score (nSPS) is 10.5. The first-order valence-corrected chi connectivity index (χ1v) is 5.36. The Bertz CT molecular complexity index is 322. The summed E-state index contributed by atoms with van der Waals surface area (Å²) >= 11 is 0. The van der Waals surface area contributed by atoms with E-state index in [2.05, 4.69) is 41.1 Å². The second-order valence-electron chi connectivity index (χ2n) is 3.94. The molecule has 4 nitrogen and oxygen atoms in total. The van der Waals surface area contributed by atoms with Gasteiger partial charge in [0, 0.05) is 31.4 Å². The van der Waals surface area contributed by atoms with E-state index >= 15 is 0 Å². The van der Waals surface area contributed by atoms with Gasteiger partial charge in [-0.2, -0.15) is 4.98 Å². The first kappa shape index (κ1) is 11.8. The lowest BCUT2D eigenvalue weighted by atomic mass is 10.3. The van der Waals surface area contributed by atoms with Gasteiger partial charge in [-0.1, -0.05) is 0 Å². The minimum Gasteiger partial charge on any atom is -0.357 e. The van der Waals surface area contributed by atoms with Crippen LogP contribution in [0.15, 0.2) is 6.20 Å². The molecule has 0 atom stereocenters. The number of aryl methyl sites for hydroxylation is 1. The fraction of sp³-hybridized carbons (Fsp3) is 0.636. The van der Waals surface area contributed by atoms with Gasteiger partial charge in [-0.25, -0.2) is 4.98 Å². The van der Waals surface area contributed by atoms with E-state index in [0.29, 0.717) is 12.0 Å². The molecule has 0 saturated carbocycles. The van der Waals surface area contributed by atoms with Gasteiger partial charge in [-0.3, -0.25) is 0 Å². The minimum absolute atomic E-state index is 0.438. The smallest absolute Gasteiger partial charge is 0.224 e. The Labute approximate surface area is 91.7 Å². The fourth-order valence-corrected chi connectivity index (χ4v) is 1.28. The molecular weight excluding hydrogens is 188 g/mol. The summed E-state index contributed by atoms with van der Waals surface area (Å²) < 4.78 is 0. The Morgan fingerprint density at radius 2 is 2.13 bits per heavy atom. The molecule has 0 spiro atoms. The van der Waals surface area contributed by atoms with Crippen LogP contribution in [0.4, 0.5) is 11.8 Å². The van der Waals surface area contributed by atoms with Crippen molar-refractivity contribution in [3.63, 3.8) is 0 Å². The standard InChI is InChI=1S/C11H20N4/c1-6-12-11-13-7-9(4)10(14-11)15(5)8(2)3/h7-8H,6H2,1-5H3,(H,12,13,14). The van der Waals surface area contributed by atoms with Gasteiger partial charge in [-0.05, 0) is 27.7 Å². The maximum atomic E-state index is 4.49. The van der Waals surface area contributed by atoms with E-state index in [1.165, 1.54) is 0 Å². The molecule has 0 aliphatic heterocycles. The third-order valence-electron chi connectivity index (χ3n) is 2.39. The Hall–Kier alpha value is -1.32. The van der Waals surface area contributed by atoms with Crippen molar-refractivity contribution in [2.75, 3.05) is 23.8 Å². The van der Waals surface area contributed by atoms with Gasteiger partial charge in [0.1, 0.15) is 5.82 Å². The maximum Gasteiger partial charge on any atom is 0.224 e. The van der Waals surface area contributed by atoms with Crippen molar-refractivity contribution in [3.05, 3.63) is 11.8 Å². The summed E-state index contributed by atoms with van der Waals surface area (Å²) in [5.74, 6) is 1.70. The average Bonchev–Trinajstić information content (AvgIpc) is 2.20. The largest absolute Gasteiger partial charge is 0.357 e. The number of hydrogen-bond donors (Lipinski definition) is 1. The average molecular weight is 208 g/mol. The molecule has 0 saturated heterocycles. The van der Waals surface area contributed by atoms with Gasteiger partial charge in [0.25, 0.3) is 0 Å². The molecule has 0 bridgehead atoms. The number of nitrogens with one attached hydrogen (secondary N) is 1. The predicted octanol–water partition coefficient (Wildman–Crippen LogP) is 2.06. The van der Waals surface area contributed by atoms with Crippen molar-refractivity contribution in [2.45, 2.75) is 33.7 Å². The molecule has 1 rings (SSSR count). The Morgan fingerprint density at radius 3 is 2.67 bits per heavy atom. The third-order valence-corrected chi connectivity index (χ3v) is 2.39. The molecule has 1 aromatic rings. The zero-order valence-electron chi connectivity index (χ0n) is 10.2. The van der Waals surface area contributed by atoms with Gasteiger partial charge in [0.15, 0.2) is 0 Å². The molecule has 0 amide bonds. The summed E-state index contributed by atoms with van der Waals surface area (Å²) in [6, 6.07) is 0.438. The first-order valence-electron chi connectivity index (χ1n) is 5.36. The monoisotopic (exact) mass is 208 g/mol. The zero-order valence-corrected chi connectivity index (χ0v) is 10.2. The number of nitrogens with zero attached hydrogens (tertiary/aromatic N) is 3. The van der Waals surface area contributed by atoms with E-state index in [1.807, 2.05) is 20.0 Å². The second kappa shape index (κ2) is 4.96. The molecule has 1 aromatic heterocycles. The molecule has 0 aliphatic carbocycles. The van der Waals surface area contributed by atoms with Crippen molar-refractivity contribution in [3.8, 4) is 0 Å². The molecule has 4 heteroatoms. The quantitative estimate of drug-likeness (QED) is 0.822. The van der Waals surface area contributed by atoms with Crippen LogP contribution < -0.4 is 10.2 Å². The van der Waals surface area contributed by atoms with Crippen LogP contribution >= 0.6 is 0 Å². The summed E-state index contributed by atoms with van der Waals surface area (Å²) in [5, 5.41) is 3.12. The number of hydrogen-bond acceptors (Lipinski definition) is 4. The van der Waals surface area contributed by atoms with Gasteiger partial charge in [0.2, 0.25) is 5.95 Å². The highest BCUT2D eigenvalue weighted by Crippen LogP contribution is 2.18. The molecule has 0 aliphatic rings. The summed E-state index contributed by atoms with van der Waals surface area (Å²) in [7, 11) is 2.05.